The van der Waals surface area contributed by atoms with Gasteiger partial charge in [0.15, 0.2) is 0 Å². The van der Waals surface area contributed by atoms with Crippen LogP contribution in [-0.2, 0) is 4.74 Å². The molecule has 1 fully saturated rings. The first kappa shape index (κ1) is 10.0. The Morgan fingerprint density at radius 2 is 2.25 bits per heavy atom. The van der Waals surface area contributed by atoms with E-state index in [9.17, 15) is 0 Å². The molecule has 0 aromatic carbocycles. The Bertz CT molecular complexity index is 108. The van der Waals surface area contributed by atoms with Crippen LogP contribution in [0.1, 0.15) is 32.6 Å². The topological polar surface area (TPSA) is 21.3 Å². The summed E-state index contributed by atoms with van der Waals surface area (Å²) in [4.78, 5) is 0. The summed E-state index contributed by atoms with van der Waals surface area (Å²) in [5.41, 5.74) is 0. The van der Waals surface area contributed by atoms with Crippen molar-refractivity contribution in [2.75, 3.05) is 20.3 Å². The van der Waals surface area contributed by atoms with Crippen LogP contribution < -0.4 is 5.32 Å². The normalized spacial score (nSPS) is 30.5. The predicted molar refractivity (Wildman–Crippen MR) is 51.3 cm³/mol. The van der Waals surface area contributed by atoms with E-state index >= 15 is 0 Å². The number of hydrogen-bond acceptors (Lipinski definition) is 2. The fourth-order valence-electron chi connectivity index (χ4n) is 1.78. The van der Waals surface area contributed by atoms with Crippen LogP contribution in [0.2, 0.25) is 0 Å². The molecule has 1 heterocycles. The van der Waals surface area contributed by atoms with Gasteiger partial charge < -0.3 is 10.1 Å². The van der Waals surface area contributed by atoms with E-state index in [2.05, 4.69) is 12.2 Å². The van der Waals surface area contributed by atoms with E-state index in [1.807, 2.05) is 0 Å². The standard InChI is InChI=1S/C10H21NO/c1-9-5-6-10(11-8-9)4-3-7-12-2/h9-11H,3-8H2,1-2H3. The van der Waals surface area contributed by atoms with Crippen molar-refractivity contribution in [3.63, 3.8) is 0 Å². The molecule has 2 nitrogen and oxygen atoms in total. The summed E-state index contributed by atoms with van der Waals surface area (Å²) in [5.74, 6) is 0.878. The zero-order valence-electron chi connectivity index (χ0n) is 8.31. The molecule has 0 saturated carbocycles. The molecule has 1 saturated heterocycles. The Morgan fingerprint density at radius 3 is 2.83 bits per heavy atom. The molecule has 0 bridgehead atoms. The van der Waals surface area contributed by atoms with Crippen LogP contribution in [0.3, 0.4) is 0 Å². The molecule has 0 radical (unpaired) electrons. The Hall–Kier alpha value is -0.0800. The summed E-state index contributed by atoms with van der Waals surface area (Å²) < 4.78 is 5.03. The van der Waals surface area contributed by atoms with Gasteiger partial charge in [-0.05, 0) is 38.1 Å². The SMILES string of the molecule is COCCCC1CCC(C)CN1. The molecule has 72 valence electrons. The first-order valence-electron chi connectivity index (χ1n) is 5.05. The van der Waals surface area contributed by atoms with E-state index in [0.29, 0.717) is 0 Å². The summed E-state index contributed by atoms with van der Waals surface area (Å²) >= 11 is 0. The minimum atomic E-state index is 0.761. The highest BCUT2D eigenvalue weighted by Crippen LogP contribution is 2.16. The van der Waals surface area contributed by atoms with Gasteiger partial charge in [-0.25, -0.2) is 0 Å². The molecule has 0 spiro atoms. The lowest BCUT2D eigenvalue weighted by Gasteiger charge is -2.27. The smallest absolute Gasteiger partial charge is 0.0462 e. The monoisotopic (exact) mass is 171 g/mol. The van der Waals surface area contributed by atoms with Crippen molar-refractivity contribution in [2.24, 2.45) is 5.92 Å². The Kier molecular flexibility index (Phi) is 4.62. The fourth-order valence-corrected chi connectivity index (χ4v) is 1.78. The van der Waals surface area contributed by atoms with Gasteiger partial charge in [0, 0.05) is 19.8 Å². The quantitative estimate of drug-likeness (QED) is 0.651. The van der Waals surface area contributed by atoms with Gasteiger partial charge >= 0.3 is 0 Å². The van der Waals surface area contributed by atoms with Crippen molar-refractivity contribution in [1.29, 1.82) is 0 Å². The lowest BCUT2D eigenvalue weighted by Crippen LogP contribution is -2.38. The minimum absolute atomic E-state index is 0.761. The third-order valence-corrected chi connectivity index (χ3v) is 2.66. The molecule has 1 N–H and O–H groups in total. The molecular formula is C10H21NO. The molecule has 12 heavy (non-hydrogen) atoms. The molecule has 0 aromatic heterocycles. The average molecular weight is 171 g/mol. The molecule has 2 unspecified atom stereocenters. The summed E-state index contributed by atoms with van der Waals surface area (Å²) in [6.07, 6.45) is 5.22. The second kappa shape index (κ2) is 5.55. The van der Waals surface area contributed by atoms with Crippen molar-refractivity contribution in [1.82, 2.24) is 5.32 Å². The average Bonchev–Trinajstić information content (AvgIpc) is 2.09. The number of piperidine rings is 1. The summed E-state index contributed by atoms with van der Waals surface area (Å²) in [6.45, 7) is 4.43. The molecule has 0 aromatic rings. The van der Waals surface area contributed by atoms with Gasteiger partial charge in [-0.2, -0.15) is 0 Å². The highest BCUT2D eigenvalue weighted by molar-refractivity contribution is 4.75. The van der Waals surface area contributed by atoms with Crippen LogP contribution in [0.4, 0.5) is 0 Å². The third kappa shape index (κ3) is 3.55. The largest absolute Gasteiger partial charge is 0.385 e. The van der Waals surface area contributed by atoms with E-state index in [1.54, 1.807) is 7.11 Å². The highest BCUT2D eigenvalue weighted by Gasteiger charge is 2.16. The van der Waals surface area contributed by atoms with Crippen LogP contribution in [0, 0.1) is 5.92 Å². The number of rotatable bonds is 4. The first-order chi connectivity index (χ1) is 5.83. The third-order valence-electron chi connectivity index (χ3n) is 2.66. The molecular weight excluding hydrogens is 150 g/mol. The molecule has 1 rings (SSSR count). The van der Waals surface area contributed by atoms with Gasteiger partial charge in [-0.3, -0.25) is 0 Å². The molecule has 0 aliphatic carbocycles. The van der Waals surface area contributed by atoms with E-state index in [0.717, 1.165) is 18.6 Å². The lowest BCUT2D eigenvalue weighted by molar-refractivity contribution is 0.184. The molecule has 1 aliphatic heterocycles. The van der Waals surface area contributed by atoms with Crippen LogP contribution in [0.15, 0.2) is 0 Å². The second-order valence-electron chi connectivity index (χ2n) is 3.92. The van der Waals surface area contributed by atoms with Gasteiger partial charge in [0.2, 0.25) is 0 Å². The van der Waals surface area contributed by atoms with Crippen molar-refractivity contribution < 1.29 is 4.74 Å². The van der Waals surface area contributed by atoms with Gasteiger partial charge in [-0.15, -0.1) is 0 Å². The number of methoxy groups -OCH3 is 1. The van der Waals surface area contributed by atoms with E-state index in [4.69, 9.17) is 4.74 Å². The van der Waals surface area contributed by atoms with Gasteiger partial charge in [-0.1, -0.05) is 6.92 Å². The van der Waals surface area contributed by atoms with E-state index in [-0.39, 0.29) is 0 Å². The Morgan fingerprint density at radius 1 is 1.42 bits per heavy atom. The Labute approximate surface area is 75.7 Å². The summed E-state index contributed by atoms with van der Waals surface area (Å²) in [5, 5.41) is 3.57. The Balaban J connectivity index is 2.01. The predicted octanol–water partition coefficient (Wildman–Crippen LogP) is 1.80. The van der Waals surface area contributed by atoms with Crippen LogP contribution in [0.5, 0.6) is 0 Å². The number of ether oxygens (including phenoxy) is 1. The lowest BCUT2D eigenvalue weighted by atomic mass is 9.94. The minimum Gasteiger partial charge on any atom is -0.385 e. The van der Waals surface area contributed by atoms with Crippen LogP contribution >= 0.6 is 0 Å². The number of nitrogens with one attached hydrogen (secondary N) is 1. The first-order valence-corrected chi connectivity index (χ1v) is 5.05. The van der Waals surface area contributed by atoms with Crippen LogP contribution in [0.25, 0.3) is 0 Å². The zero-order valence-corrected chi connectivity index (χ0v) is 8.31. The number of hydrogen-bond donors (Lipinski definition) is 1. The van der Waals surface area contributed by atoms with Crippen LogP contribution in [-0.4, -0.2) is 26.3 Å². The summed E-state index contributed by atoms with van der Waals surface area (Å²) in [7, 11) is 1.77. The second-order valence-corrected chi connectivity index (χ2v) is 3.92. The molecule has 2 atom stereocenters. The molecule has 2 heteroatoms. The van der Waals surface area contributed by atoms with Gasteiger partial charge in [0.05, 0.1) is 0 Å². The fraction of sp³-hybridized carbons (Fsp3) is 1.00. The van der Waals surface area contributed by atoms with Gasteiger partial charge in [0.25, 0.3) is 0 Å². The maximum Gasteiger partial charge on any atom is 0.0462 e. The molecule has 0 amide bonds. The van der Waals surface area contributed by atoms with E-state index in [1.165, 1.54) is 32.2 Å². The highest BCUT2D eigenvalue weighted by atomic mass is 16.5. The van der Waals surface area contributed by atoms with E-state index < -0.39 is 0 Å². The van der Waals surface area contributed by atoms with Crippen molar-refractivity contribution in [3.8, 4) is 0 Å². The van der Waals surface area contributed by atoms with Gasteiger partial charge in [0.1, 0.15) is 0 Å². The maximum absolute atomic E-state index is 5.03. The molecule has 1 aliphatic rings. The zero-order chi connectivity index (χ0) is 8.81. The van der Waals surface area contributed by atoms with Crippen molar-refractivity contribution in [2.45, 2.75) is 38.6 Å². The maximum atomic E-state index is 5.03. The van der Waals surface area contributed by atoms with Crippen molar-refractivity contribution in [3.05, 3.63) is 0 Å². The summed E-state index contributed by atoms with van der Waals surface area (Å²) in [6, 6.07) is 0.761. The van der Waals surface area contributed by atoms with Crippen molar-refractivity contribution >= 4 is 0 Å².